The van der Waals surface area contributed by atoms with Crippen molar-refractivity contribution in [3.63, 3.8) is 0 Å². The van der Waals surface area contributed by atoms with Gasteiger partial charge in [-0.2, -0.15) is 0 Å². The monoisotopic (exact) mass is 512 g/mol. The van der Waals surface area contributed by atoms with E-state index in [9.17, 15) is 0 Å². The quantitative estimate of drug-likeness (QED) is 0.237. The van der Waals surface area contributed by atoms with Gasteiger partial charge in [-0.15, -0.1) is 0 Å². The molecule has 5 aromatic carbocycles. The first-order chi connectivity index (χ1) is 19.9. The van der Waals surface area contributed by atoms with Crippen LogP contribution in [0.15, 0.2) is 122 Å². The molecular weight excluding hydrogens is 492 g/mol. The highest BCUT2D eigenvalue weighted by Crippen LogP contribution is 2.42. The normalized spacial score (nSPS) is 12.0. The van der Waals surface area contributed by atoms with Crippen LogP contribution in [-0.2, 0) is 0 Å². The SMILES string of the molecule is c1ccc(-n2c3c(ccc4nccnc43)c3ccc4c5ccccc5n(-c5ncc6ccccc6n5)c4c32)cc1. The number of benzene rings is 5. The van der Waals surface area contributed by atoms with E-state index >= 15 is 0 Å². The standard InChI is InChI=1S/C34H20N6/c1-2-9-22(10-3-1)39-31-25(16-17-28-30(31)36-19-18-35-28)26-15-14-24-23-11-5-7-13-29(23)40(33(24)32(26)39)34-37-20-21-8-4-6-12-27(21)38-34/h1-20H. The van der Waals surface area contributed by atoms with Crippen LogP contribution in [-0.4, -0.2) is 29.1 Å². The average molecular weight is 513 g/mol. The molecule has 0 spiro atoms. The highest BCUT2D eigenvalue weighted by Gasteiger charge is 2.23. The molecule has 0 unspecified atom stereocenters. The second-order valence-electron chi connectivity index (χ2n) is 10.00. The largest absolute Gasteiger partial charge is 0.305 e. The molecule has 40 heavy (non-hydrogen) atoms. The molecule has 0 saturated heterocycles. The number of aromatic nitrogens is 6. The first-order valence-corrected chi connectivity index (χ1v) is 13.2. The van der Waals surface area contributed by atoms with Crippen LogP contribution in [0.3, 0.4) is 0 Å². The van der Waals surface area contributed by atoms with Crippen LogP contribution in [0.25, 0.3) is 77.2 Å². The smallest absolute Gasteiger partial charge is 0.235 e. The summed E-state index contributed by atoms with van der Waals surface area (Å²) in [6, 6.07) is 35.8. The molecular formula is C34H20N6. The summed E-state index contributed by atoms with van der Waals surface area (Å²) in [7, 11) is 0. The van der Waals surface area contributed by atoms with Gasteiger partial charge in [0.05, 0.1) is 33.1 Å². The Morgan fingerprint density at radius 3 is 2.10 bits per heavy atom. The van der Waals surface area contributed by atoms with Crippen molar-refractivity contribution in [1.82, 2.24) is 29.1 Å². The van der Waals surface area contributed by atoms with E-state index in [1.54, 1.807) is 12.4 Å². The Kier molecular flexibility index (Phi) is 4.24. The van der Waals surface area contributed by atoms with Crippen molar-refractivity contribution >= 4 is 65.5 Å². The van der Waals surface area contributed by atoms with Gasteiger partial charge in [0, 0.05) is 51.2 Å². The lowest BCUT2D eigenvalue weighted by Crippen LogP contribution is -2.03. The lowest BCUT2D eigenvalue weighted by Gasteiger charge is -2.12. The van der Waals surface area contributed by atoms with Crippen LogP contribution < -0.4 is 0 Å². The summed E-state index contributed by atoms with van der Waals surface area (Å²) in [4.78, 5) is 19.4. The van der Waals surface area contributed by atoms with Gasteiger partial charge in [-0.25, -0.2) is 9.97 Å². The minimum Gasteiger partial charge on any atom is -0.305 e. The van der Waals surface area contributed by atoms with Gasteiger partial charge < -0.3 is 4.57 Å². The Bertz CT molecular complexity index is 2440. The van der Waals surface area contributed by atoms with E-state index in [4.69, 9.17) is 15.0 Å². The summed E-state index contributed by atoms with van der Waals surface area (Å²) in [6.45, 7) is 0. The van der Waals surface area contributed by atoms with Gasteiger partial charge in [-0.3, -0.25) is 14.5 Å². The molecule has 6 heteroatoms. The molecule has 0 saturated carbocycles. The Balaban J connectivity index is 1.57. The lowest BCUT2D eigenvalue weighted by molar-refractivity contribution is 1.01. The van der Waals surface area contributed by atoms with Crippen molar-refractivity contribution < 1.29 is 0 Å². The van der Waals surface area contributed by atoms with Gasteiger partial charge in [-0.1, -0.05) is 66.7 Å². The van der Waals surface area contributed by atoms with E-state index in [0.717, 1.165) is 71.2 Å². The first kappa shape index (κ1) is 21.3. The fraction of sp³-hybridized carbons (Fsp3) is 0. The zero-order valence-corrected chi connectivity index (χ0v) is 21.2. The molecule has 0 amide bonds. The van der Waals surface area contributed by atoms with Crippen molar-refractivity contribution in [3.05, 3.63) is 122 Å². The van der Waals surface area contributed by atoms with Crippen molar-refractivity contribution in [2.24, 2.45) is 0 Å². The molecule has 186 valence electrons. The Hall–Kier alpha value is -5.62. The van der Waals surface area contributed by atoms with Gasteiger partial charge in [0.2, 0.25) is 5.95 Å². The molecule has 0 atom stereocenters. The van der Waals surface area contributed by atoms with Crippen LogP contribution in [0.5, 0.6) is 0 Å². The Morgan fingerprint density at radius 1 is 0.475 bits per heavy atom. The third-order valence-electron chi connectivity index (χ3n) is 7.85. The van der Waals surface area contributed by atoms with Gasteiger partial charge in [0.15, 0.2) is 0 Å². The molecule has 0 fully saturated rings. The van der Waals surface area contributed by atoms with E-state index < -0.39 is 0 Å². The predicted octanol–water partition coefficient (Wildman–Crippen LogP) is 7.77. The number of hydrogen-bond acceptors (Lipinski definition) is 4. The third-order valence-corrected chi connectivity index (χ3v) is 7.85. The minimum absolute atomic E-state index is 0.645. The fourth-order valence-corrected chi connectivity index (χ4v) is 6.17. The van der Waals surface area contributed by atoms with Crippen molar-refractivity contribution in [3.8, 4) is 11.6 Å². The van der Waals surface area contributed by atoms with Crippen LogP contribution in [0, 0.1) is 0 Å². The summed E-state index contributed by atoms with van der Waals surface area (Å²) >= 11 is 0. The fourth-order valence-electron chi connectivity index (χ4n) is 6.17. The minimum atomic E-state index is 0.645. The molecule has 9 rings (SSSR count). The Morgan fingerprint density at radius 2 is 1.18 bits per heavy atom. The second kappa shape index (κ2) is 7.94. The predicted molar refractivity (Wildman–Crippen MR) is 161 cm³/mol. The summed E-state index contributed by atoms with van der Waals surface area (Å²) < 4.78 is 4.55. The zero-order valence-electron chi connectivity index (χ0n) is 21.2. The van der Waals surface area contributed by atoms with Crippen LogP contribution in [0.2, 0.25) is 0 Å². The summed E-state index contributed by atoms with van der Waals surface area (Å²) in [5.41, 5.74) is 7.96. The second-order valence-corrected chi connectivity index (χ2v) is 10.00. The molecule has 0 radical (unpaired) electrons. The van der Waals surface area contributed by atoms with E-state index in [2.05, 4.69) is 86.9 Å². The molecule has 9 aromatic rings. The number of hydrogen-bond donors (Lipinski definition) is 0. The maximum Gasteiger partial charge on any atom is 0.235 e. The van der Waals surface area contributed by atoms with E-state index in [0.29, 0.717) is 5.95 Å². The third kappa shape index (κ3) is 2.82. The molecule has 4 heterocycles. The van der Waals surface area contributed by atoms with E-state index in [-0.39, 0.29) is 0 Å². The highest BCUT2D eigenvalue weighted by molar-refractivity contribution is 6.26. The van der Waals surface area contributed by atoms with Gasteiger partial charge in [0.25, 0.3) is 0 Å². The summed E-state index contributed by atoms with van der Waals surface area (Å²) in [5, 5.41) is 5.59. The molecule has 0 bridgehead atoms. The number of nitrogens with zero attached hydrogens (tertiary/aromatic N) is 6. The number of para-hydroxylation sites is 3. The maximum atomic E-state index is 5.05. The van der Waals surface area contributed by atoms with Crippen LogP contribution in [0.1, 0.15) is 0 Å². The number of rotatable bonds is 2. The maximum absolute atomic E-state index is 5.05. The topological polar surface area (TPSA) is 61.4 Å². The molecule has 6 nitrogen and oxygen atoms in total. The van der Waals surface area contributed by atoms with Gasteiger partial charge in [0.1, 0.15) is 5.52 Å². The average Bonchev–Trinajstić information content (AvgIpc) is 3.55. The molecule has 0 aliphatic carbocycles. The first-order valence-electron chi connectivity index (χ1n) is 13.2. The number of fused-ring (bicyclic) bond motifs is 10. The summed E-state index contributed by atoms with van der Waals surface area (Å²) in [5.74, 6) is 0.645. The highest BCUT2D eigenvalue weighted by atomic mass is 15.2. The van der Waals surface area contributed by atoms with Gasteiger partial charge >= 0.3 is 0 Å². The van der Waals surface area contributed by atoms with Crippen molar-refractivity contribution in [2.45, 2.75) is 0 Å². The lowest BCUT2D eigenvalue weighted by atomic mass is 10.1. The molecule has 0 aliphatic rings. The van der Waals surface area contributed by atoms with Crippen molar-refractivity contribution in [1.29, 1.82) is 0 Å². The zero-order chi connectivity index (χ0) is 26.2. The van der Waals surface area contributed by atoms with Crippen molar-refractivity contribution in [2.75, 3.05) is 0 Å². The molecule has 0 aliphatic heterocycles. The van der Waals surface area contributed by atoms with Gasteiger partial charge in [-0.05, 0) is 36.4 Å². The Labute approximate surface area is 227 Å². The van der Waals surface area contributed by atoms with Crippen LogP contribution in [0.4, 0.5) is 0 Å². The van der Waals surface area contributed by atoms with Crippen LogP contribution >= 0.6 is 0 Å². The molecule has 4 aromatic heterocycles. The molecule has 0 N–H and O–H groups in total. The summed E-state index contributed by atoms with van der Waals surface area (Å²) in [6.07, 6.45) is 5.43. The van der Waals surface area contributed by atoms with E-state index in [1.165, 1.54) is 0 Å². The van der Waals surface area contributed by atoms with E-state index in [1.807, 2.05) is 36.5 Å².